The molecule has 4 rings (SSSR count). The van der Waals surface area contributed by atoms with Gasteiger partial charge in [-0.1, -0.05) is 12.5 Å². The van der Waals surface area contributed by atoms with Gasteiger partial charge in [-0.25, -0.2) is 13.2 Å². The Hall–Kier alpha value is -3.17. The van der Waals surface area contributed by atoms with E-state index in [0.717, 1.165) is 36.4 Å². The molecule has 1 aliphatic heterocycles. The lowest BCUT2D eigenvalue weighted by atomic mass is 10.1. The van der Waals surface area contributed by atoms with Crippen LogP contribution < -0.4 is 0 Å². The van der Waals surface area contributed by atoms with E-state index in [1.807, 2.05) is 30.5 Å². The van der Waals surface area contributed by atoms with Crippen molar-refractivity contribution in [3.8, 4) is 0 Å². The van der Waals surface area contributed by atoms with Crippen molar-refractivity contribution in [2.45, 2.75) is 51.5 Å². The molecule has 9 heteroatoms. The Morgan fingerprint density at radius 3 is 2.46 bits per heavy atom. The number of benzene rings is 1. The number of Topliss-reactive ketones (excluding diaryl/α,β-unsaturated/α-hetero) is 1. The number of carbonyl (C=O) groups excluding carboxylic acids is 2. The molecule has 1 fully saturated rings. The topological polar surface area (TPSA) is 98.8 Å². The molecule has 0 saturated carbocycles. The average molecular weight is 499 g/mol. The maximum atomic E-state index is 13.1. The Labute approximate surface area is 205 Å². The molecule has 0 spiro atoms. The zero-order valence-electron chi connectivity index (χ0n) is 20.2. The molecule has 1 saturated heterocycles. The largest absolute Gasteiger partial charge is 0.467 e. The summed E-state index contributed by atoms with van der Waals surface area (Å²) in [6.07, 6.45) is 4.26. The Bertz CT molecular complexity index is 1330. The van der Waals surface area contributed by atoms with E-state index in [1.54, 1.807) is 25.3 Å². The van der Waals surface area contributed by atoms with Gasteiger partial charge in [0.05, 0.1) is 23.3 Å². The number of ether oxygens (including phenoxy) is 1. The van der Waals surface area contributed by atoms with Gasteiger partial charge in [0.1, 0.15) is 5.76 Å². The summed E-state index contributed by atoms with van der Waals surface area (Å²) in [4.78, 5) is 25.7. The third-order valence-electron chi connectivity index (χ3n) is 6.46. The van der Waals surface area contributed by atoms with Crippen LogP contribution in [-0.2, 0) is 21.3 Å². The van der Waals surface area contributed by atoms with E-state index in [1.165, 1.54) is 16.4 Å². The summed E-state index contributed by atoms with van der Waals surface area (Å²) in [6, 6.07) is 9.90. The first kappa shape index (κ1) is 24.9. The smallest absolute Gasteiger partial charge is 0.338 e. The molecule has 0 amide bonds. The Kier molecular flexibility index (Phi) is 7.28. The summed E-state index contributed by atoms with van der Waals surface area (Å²) in [5.74, 6) is -0.296. The number of aromatic nitrogens is 1. The maximum Gasteiger partial charge on any atom is 0.338 e. The number of nitrogens with zero attached hydrogens (tertiary/aromatic N) is 2. The predicted octanol–water partition coefficient (Wildman–Crippen LogP) is 4.27. The molecule has 3 aromatic rings. The standard InChI is InChI=1S/C26H30N2O6S/c1-18-9-10-21(15-25(18)35(31,32)27-11-5-4-6-12-27)26(30)34-17-24(29)23-14-19(2)28(20(23)3)16-22-8-7-13-33-22/h7-10,13-15H,4-6,11-12,16-17H2,1-3H3. The van der Waals surface area contributed by atoms with Crippen molar-refractivity contribution >= 4 is 21.8 Å². The fraction of sp³-hybridized carbons (Fsp3) is 0.385. The van der Waals surface area contributed by atoms with Gasteiger partial charge in [0.2, 0.25) is 15.8 Å². The lowest BCUT2D eigenvalue weighted by Crippen LogP contribution is -2.36. The van der Waals surface area contributed by atoms with Crippen LogP contribution in [0.3, 0.4) is 0 Å². The number of aryl methyl sites for hydroxylation is 2. The summed E-state index contributed by atoms with van der Waals surface area (Å²) >= 11 is 0. The van der Waals surface area contributed by atoms with Crippen LogP contribution in [0.15, 0.2) is 52.0 Å². The monoisotopic (exact) mass is 498 g/mol. The first-order valence-electron chi connectivity index (χ1n) is 11.7. The second kappa shape index (κ2) is 10.2. The van der Waals surface area contributed by atoms with Gasteiger partial charge < -0.3 is 13.7 Å². The van der Waals surface area contributed by atoms with Crippen molar-refractivity contribution in [1.82, 2.24) is 8.87 Å². The van der Waals surface area contributed by atoms with Crippen molar-refractivity contribution in [3.05, 3.63) is 76.5 Å². The normalized spacial score (nSPS) is 14.7. The molecule has 3 heterocycles. The zero-order chi connectivity index (χ0) is 25.2. The van der Waals surface area contributed by atoms with Gasteiger partial charge in [0.25, 0.3) is 0 Å². The summed E-state index contributed by atoms with van der Waals surface area (Å²) in [5.41, 5.74) is 2.78. The molecule has 0 atom stereocenters. The number of esters is 1. The SMILES string of the molecule is Cc1ccc(C(=O)OCC(=O)c2cc(C)n(Cc3ccco3)c2C)cc1S(=O)(=O)N1CCCCC1. The number of carbonyl (C=O) groups is 2. The van der Waals surface area contributed by atoms with Crippen LogP contribution in [0, 0.1) is 20.8 Å². The molecule has 186 valence electrons. The van der Waals surface area contributed by atoms with E-state index >= 15 is 0 Å². The van der Waals surface area contributed by atoms with Crippen LogP contribution in [0.25, 0.3) is 0 Å². The summed E-state index contributed by atoms with van der Waals surface area (Å²) < 4.78 is 40.4. The van der Waals surface area contributed by atoms with Gasteiger partial charge in [-0.3, -0.25) is 4.79 Å². The molecule has 0 radical (unpaired) electrons. The third kappa shape index (κ3) is 5.26. The van der Waals surface area contributed by atoms with Crippen LogP contribution in [0.1, 0.15) is 62.7 Å². The molecule has 35 heavy (non-hydrogen) atoms. The fourth-order valence-electron chi connectivity index (χ4n) is 4.43. The zero-order valence-corrected chi connectivity index (χ0v) is 21.1. The minimum absolute atomic E-state index is 0.0987. The van der Waals surface area contributed by atoms with Gasteiger partial charge in [-0.05, 0) is 69.5 Å². The Balaban J connectivity index is 1.46. The highest BCUT2D eigenvalue weighted by atomic mass is 32.2. The van der Waals surface area contributed by atoms with Crippen LogP contribution in [0.4, 0.5) is 0 Å². The number of hydrogen-bond donors (Lipinski definition) is 0. The fourth-order valence-corrected chi connectivity index (χ4v) is 6.19. The molecule has 8 nitrogen and oxygen atoms in total. The second-order valence-corrected chi connectivity index (χ2v) is 10.8. The first-order chi connectivity index (χ1) is 16.7. The van der Waals surface area contributed by atoms with Crippen molar-refractivity contribution in [1.29, 1.82) is 0 Å². The quantitative estimate of drug-likeness (QED) is 0.340. The lowest BCUT2D eigenvalue weighted by molar-refractivity contribution is 0.0474. The minimum atomic E-state index is -3.70. The highest BCUT2D eigenvalue weighted by molar-refractivity contribution is 7.89. The van der Waals surface area contributed by atoms with Crippen molar-refractivity contribution in [3.63, 3.8) is 0 Å². The average Bonchev–Trinajstić information content (AvgIpc) is 3.47. The lowest BCUT2D eigenvalue weighted by Gasteiger charge is -2.26. The van der Waals surface area contributed by atoms with Gasteiger partial charge in [-0.2, -0.15) is 4.31 Å². The minimum Gasteiger partial charge on any atom is -0.467 e. The van der Waals surface area contributed by atoms with Gasteiger partial charge in [0, 0.05) is 30.0 Å². The summed E-state index contributed by atoms with van der Waals surface area (Å²) in [6.45, 7) is 6.44. The third-order valence-corrected chi connectivity index (χ3v) is 8.50. The van der Waals surface area contributed by atoms with Crippen LogP contribution in [0.2, 0.25) is 0 Å². The molecule has 0 bridgehead atoms. The van der Waals surface area contributed by atoms with Gasteiger partial charge in [-0.15, -0.1) is 0 Å². The number of furan rings is 1. The Morgan fingerprint density at radius 2 is 1.77 bits per heavy atom. The number of hydrogen-bond acceptors (Lipinski definition) is 6. The van der Waals surface area contributed by atoms with Crippen molar-refractivity contribution < 1.29 is 27.2 Å². The number of piperidine rings is 1. The molecular weight excluding hydrogens is 468 g/mol. The molecule has 0 aliphatic carbocycles. The van der Waals surface area contributed by atoms with E-state index in [-0.39, 0.29) is 16.2 Å². The highest BCUT2D eigenvalue weighted by Gasteiger charge is 2.28. The predicted molar refractivity (Wildman–Crippen MR) is 130 cm³/mol. The van der Waals surface area contributed by atoms with Crippen molar-refractivity contribution in [2.75, 3.05) is 19.7 Å². The molecule has 2 aromatic heterocycles. The number of sulfonamides is 1. The second-order valence-electron chi connectivity index (χ2n) is 8.89. The van der Waals surface area contributed by atoms with Crippen molar-refractivity contribution in [2.24, 2.45) is 0 Å². The molecule has 1 aliphatic rings. The van der Waals surface area contributed by atoms with Crippen LogP contribution in [0.5, 0.6) is 0 Å². The molecular formula is C26H30N2O6S. The maximum absolute atomic E-state index is 13.1. The van der Waals surface area contributed by atoms with E-state index in [9.17, 15) is 18.0 Å². The number of ketones is 1. The summed E-state index contributed by atoms with van der Waals surface area (Å²) in [7, 11) is -3.70. The van der Waals surface area contributed by atoms with E-state index in [0.29, 0.717) is 30.8 Å². The summed E-state index contributed by atoms with van der Waals surface area (Å²) in [5, 5.41) is 0. The number of rotatable bonds is 8. The van der Waals surface area contributed by atoms with Gasteiger partial charge in [0.15, 0.2) is 6.61 Å². The highest BCUT2D eigenvalue weighted by Crippen LogP contribution is 2.25. The molecule has 1 aromatic carbocycles. The van der Waals surface area contributed by atoms with Crippen LogP contribution in [-0.4, -0.2) is 48.7 Å². The van der Waals surface area contributed by atoms with E-state index in [4.69, 9.17) is 9.15 Å². The Morgan fingerprint density at radius 1 is 1.03 bits per heavy atom. The van der Waals surface area contributed by atoms with Gasteiger partial charge >= 0.3 is 5.97 Å². The molecule has 0 unspecified atom stereocenters. The van der Waals surface area contributed by atoms with E-state index in [2.05, 4.69) is 0 Å². The van der Waals surface area contributed by atoms with Crippen LogP contribution >= 0.6 is 0 Å². The molecule has 0 N–H and O–H groups in total. The van der Waals surface area contributed by atoms with E-state index < -0.39 is 22.6 Å². The first-order valence-corrected chi connectivity index (χ1v) is 13.1.